The van der Waals surface area contributed by atoms with E-state index >= 15 is 0 Å². The van der Waals surface area contributed by atoms with Crippen LogP contribution in [0.15, 0.2) is 22.5 Å². The van der Waals surface area contributed by atoms with Gasteiger partial charge < -0.3 is 20.9 Å². The number of carbonyl (C=O) groups is 1. The van der Waals surface area contributed by atoms with Gasteiger partial charge in [0.25, 0.3) is 0 Å². The second-order valence-corrected chi connectivity index (χ2v) is 8.11. The molecule has 0 aromatic carbocycles. The number of hydrogen-bond acceptors (Lipinski definition) is 4. The van der Waals surface area contributed by atoms with Gasteiger partial charge in [0.05, 0.1) is 11.5 Å². The Morgan fingerprint density at radius 2 is 1.88 bits per heavy atom. The van der Waals surface area contributed by atoms with Crippen molar-refractivity contribution in [2.45, 2.75) is 57.0 Å². The van der Waals surface area contributed by atoms with Gasteiger partial charge in [-0.05, 0) is 43.2 Å². The Morgan fingerprint density at radius 1 is 1.15 bits per heavy atom. The second-order valence-electron chi connectivity index (χ2n) is 7.19. The first kappa shape index (κ1) is 19.0. The van der Waals surface area contributed by atoms with Crippen molar-refractivity contribution in [3.63, 3.8) is 0 Å². The highest BCUT2D eigenvalue weighted by molar-refractivity contribution is 7.14. The van der Waals surface area contributed by atoms with E-state index in [9.17, 15) is 4.79 Å². The number of rotatable bonds is 5. The van der Waals surface area contributed by atoms with E-state index < -0.39 is 0 Å². The lowest BCUT2D eigenvalue weighted by atomic mass is 9.95. The van der Waals surface area contributed by atoms with Gasteiger partial charge in [0.2, 0.25) is 5.91 Å². The summed E-state index contributed by atoms with van der Waals surface area (Å²) in [5.74, 6) is 0.783. The number of aliphatic imine (C=N–C) groups is 1. The minimum atomic E-state index is 0.0624. The third-order valence-corrected chi connectivity index (χ3v) is 6.19. The Kier molecular flexibility index (Phi) is 7.17. The molecule has 3 rings (SSSR count). The van der Waals surface area contributed by atoms with Crippen molar-refractivity contribution >= 4 is 28.2 Å². The summed E-state index contributed by atoms with van der Waals surface area (Å²) in [4.78, 5) is 18.9. The number of nitrogens with one attached hydrogen (secondary N) is 3. The minimum Gasteiger partial charge on any atom is -0.363 e. The lowest BCUT2D eigenvalue weighted by Crippen LogP contribution is -2.51. The summed E-state index contributed by atoms with van der Waals surface area (Å²) in [6, 6.07) is 5.05. The molecule has 0 unspecified atom stereocenters. The third kappa shape index (κ3) is 5.62. The van der Waals surface area contributed by atoms with Gasteiger partial charge in [0.1, 0.15) is 0 Å². The van der Waals surface area contributed by atoms with Gasteiger partial charge in [0.15, 0.2) is 5.96 Å². The Hall–Kier alpha value is -1.76. The molecule has 1 aliphatic carbocycles. The Bertz CT molecular complexity index is 575. The van der Waals surface area contributed by atoms with Crippen molar-refractivity contribution in [2.75, 3.05) is 31.6 Å². The zero-order chi connectivity index (χ0) is 18.2. The number of hydrogen-bond donors (Lipinski definition) is 3. The fraction of sp³-hybridized carbons (Fsp3) is 0.684. The van der Waals surface area contributed by atoms with Gasteiger partial charge in [-0.15, -0.1) is 11.3 Å². The molecule has 144 valence electrons. The number of guanidine groups is 1. The number of piperidine rings is 1. The molecule has 1 aromatic heterocycles. The molecule has 0 spiro atoms. The van der Waals surface area contributed by atoms with Crippen LogP contribution in [0.1, 0.15) is 44.9 Å². The van der Waals surface area contributed by atoms with Crippen LogP contribution in [0.4, 0.5) is 5.00 Å². The summed E-state index contributed by atoms with van der Waals surface area (Å²) in [6.07, 6.45) is 8.13. The summed E-state index contributed by atoms with van der Waals surface area (Å²) < 4.78 is 0. The Morgan fingerprint density at radius 3 is 2.54 bits per heavy atom. The molecule has 2 fully saturated rings. The maximum Gasteiger partial charge on any atom is 0.239 e. The molecule has 1 saturated carbocycles. The highest BCUT2D eigenvalue weighted by Crippen LogP contribution is 2.24. The summed E-state index contributed by atoms with van der Waals surface area (Å²) in [7, 11) is 1.76. The van der Waals surface area contributed by atoms with Crippen molar-refractivity contribution in [2.24, 2.45) is 4.99 Å². The fourth-order valence-electron chi connectivity index (χ4n) is 3.77. The normalized spacial score (nSPS) is 20.0. The molecule has 2 heterocycles. The molecular formula is C19H31N5OS. The highest BCUT2D eigenvalue weighted by Gasteiger charge is 2.21. The number of carbonyl (C=O) groups excluding carboxylic acids is 1. The van der Waals surface area contributed by atoms with Crippen LogP contribution in [0.2, 0.25) is 0 Å². The SMILES string of the molecule is CN=C(NCC(=O)NC1CCCCC1)NC1CCN(c2cccs2)CC1. The molecule has 0 bridgehead atoms. The molecule has 6 nitrogen and oxygen atoms in total. The molecule has 0 radical (unpaired) electrons. The summed E-state index contributed by atoms with van der Waals surface area (Å²) in [6.45, 7) is 2.39. The molecule has 1 amide bonds. The number of nitrogens with zero attached hydrogens (tertiary/aromatic N) is 2. The van der Waals surface area contributed by atoms with Crippen LogP contribution >= 0.6 is 11.3 Å². The van der Waals surface area contributed by atoms with E-state index in [1.165, 1.54) is 24.3 Å². The molecule has 3 N–H and O–H groups in total. The minimum absolute atomic E-state index is 0.0624. The molecule has 1 aliphatic heterocycles. The van der Waals surface area contributed by atoms with E-state index in [0.29, 0.717) is 12.1 Å². The molecule has 26 heavy (non-hydrogen) atoms. The van der Waals surface area contributed by atoms with E-state index in [2.05, 4.69) is 43.4 Å². The van der Waals surface area contributed by atoms with Gasteiger partial charge in [0, 0.05) is 32.2 Å². The monoisotopic (exact) mass is 377 g/mol. The summed E-state index contributed by atoms with van der Waals surface area (Å²) >= 11 is 1.80. The number of thiophene rings is 1. The molecule has 1 aromatic rings. The van der Waals surface area contributed by atoms with Gasteiger partial charge in [-0.3, -0.25) is 9.79 Å². The predicted molar refractivity (Wildman–Crippen MR) is 109 cm³/mol. The molecule has 1 saturated heterocycles. The van der Waals surface area contributed by atoms with Crippen LogP contribution < -0.4 is 20.9 Å². The molecule has 0 atom stereocenters. The van der Waals surface area contributed by atoms with Crippen molar-refractivity contribution in [1.29, 1.82) is 0 Å². The molecule has 7 heteroatoms. The fourth-order valence-corrected chi connectivity index (χ4v) is 4.56. The Balaban J connectivity index is 1.36. The van der Waals surface area contributed by atoms with Crippen LogP contribution in [0.25, 0.3) is 0 Å². The van der Waals surface area contributed by atoms with Crippen LogP contribution in [0.3, 0.4) is 0 Å². The van der Waals surface area contributed by atoms with E-state index in [-0.39, 0.29) is 12.5 Å². The lowest BCUT2D eigenvalue weighted by molar-refractivity contribution is -0.120. The van der Waals surface area contributed by atoms with Crippen LogP contribution in [-0.2, 0) is 4.79 Å². The van der Waals surface area contributed by atoms with Gasteiger partial charge in [-0.2, -0.15) is 0 Å². The van der Waals surface area contributed by atoms with Gasteiger partial charge in [-0.1, -0.05) is 19.3 Å². The van der Waals surface area contributed by atoms with Crippen LogP contribution in [0.5, 0.6) is 0 Å². The summed E-state index contributed by atoms with van der Waals surface area (Å²) in [5, 5.41) is 13.2. The Labute approximate surface area is 160 Å². The zero-order valence-electron chi connectivity index (χ0n) is 15.7. The third-order valence-electron chi connectivity index (χ3n) is 5.26. The summed E-state index contributed by atoms with van der Waals surface area (Å²) in [5.41, 5.74) is 0. The van der Waals surface area contributed by atoms with Crippen molar-refractivity contribution in [1.82, 2.24) is 16.0 Å². The smallest absolute Gasteiger partial charge is 0.239 e. The number of anilines is 1. The highest BCUT2D eigenvalue weighted by atomic mass is 32.1. The first-order chi connectivity index (χ1) is 12.7. The zero-order valence-corrected chi connectivity index (χ0v) is 16.5. The second kappa shape index (κ2) is 9.80. The number of amides is 1. The average Bonchev–Trinajstić information content (AvgIpc) is 3.21. The predicted octanol–water partition coefficient (Wildman–Crippen LogP) is 2.33. The first-order valence-electron chi connectivity index (χ1n) is 9.79. The van der Waals surface area contributed by atoms with Crippen molar-refractivity contribution in [3.05, 3.63) is 17.5 Å². The van der Waals surface area contributed by atoms with Crippen LogP contribution in [0, 0.1) is 0 Å². The standard InChI is InChI=1S/C19H31N5OS/c1-20-19(21-14-17(25)22-15-6-3-2-4-7-15)23-16-9-11-24(12-10-16)18-8-5-13-26-18/h5,8,13,15-16H,2-4,6-7,9-12,14H2,1H3,(H,22,25)(H2,20,21,23). The van der Waals surface area contributed by atoms with Crippen molar-refractivity contribution in [3.8, 4) is 0 Å². The van der Waals surface area contributed by atoms with Gasteiger partial charge in [-0.25, -0.2) is 0 Å². The largest absolute Gasteiger partial charge is 0.363 e. The van der Waals surface area contributed by atoms with E-state index in [0.717, 1.165) is 44.7 Å². The first-order valence-corrected chi connectivity index (χ1v) is 10.7. The quantitative estimate of drug-likeness (QED) is 0.544. The van der Waals surface area contributed by atoms with E-state index in [4.69, 9.17) is 0 Å². The molecular weight excluding hydrogens is 346 g/mol. The van der Waals surface area contributed by atoms with Crippen LogP contribution in [-0.4, -0.2) is 50.6 Å². The van der Waals surface area contributed by atoms with E-state index in [1.54, 1.807) is 18.4 Å². The maximum absolute atomic E-state index is 12.1. The lowest BCUT2D eigenvalue weighted by Gasteiger charge is -2.33. The maximum atomic E-state index is 12.1. The molecule has 2 aliphatic rings. The van der Waals surface area contributed by atoms with Crippen molar-refractivity contribution < 1.29 is 4.79 Å². The average molecular weight is 378 g/mol. The van der Waals surface area contributed by atoms with Gasteiger partial charge >= 0.3 is 0 Å². The van der Waals surface area contributed by atoms with E-state index in [1.807, 2.05) is 0 Å². The topological polar surface area (TPSA) is 68.8 Å².